The maximum Gasteiger partial charge on any atom is 0.326 e. The van der Waals surface area contributed by atoms with Gasteiger partial charge in [-0.3, -0.25) is 4.79 Å². The Kier molecular flexibility index (Phi) is 6.26. The van der Waals surface area contributed by atoms with Crippen molar-refractivity contribution < 1.29 is 23.8 Å². The summed E-state index contributed by atoms with van der Waals surface area (Å²) in [5.74, 6) is -0.472. The van der Waals surface area contributed by atoms with Crippen LogP contribution in [0.3, 0.4) is 0 Å². The number of hydrogen-bond acceptors (Lipinski definition) is 3. The van der Waals surface area contributed by atoms with E-state index in [1.54, 1.807) is 13.2 Å². The second kappa shape index (κ2) is 9.36. The predicted octanol–water partition coefficient (Wildman–Crippen LogP) is 4.60. The number of amides is 1. The van der Waals surface area contributed by atoms with Crippen LogP contribution >= 0.6 is 0 Å². The first-order chi connectivity index (χ1) is 16.9. The van der Waals surface area contributed by atoms with E-state index in [4.69, 9.17) is 4.74 Å². The highest BCUT2D eigenvalue weighted by atomic mass is 19.1. The van der Waals surface area contributed by atoms with E-state index in [9.17, 15) is 19.1 Å². The molecular formula is C28H31FN2O4. The summed E-state index contributed by atoms with van der Waals surface area (Å²) in [7, 11) is 1.66. The Labute approximate surface area is 204 Å². The Morgan fingerprint density at radius 1 is 1.17 bits per heavy atom. The molecule has 1 amide bonds. The number of carbonyl (C=O) groups excluding carboxylic acids is 1. The van der Waals surface area contributed by atoms with Gasteiger partial charge < -0.3 is 19.7 Å². The molecule has 1 heterocycles. The first-order valence-electron chi connectivity index (χ1n) is 12.4. The highest BCUT2D eigenvalue weighted by Gasteiger charge is 2.33. The zero-order valence-corrected chi connectivity index (χ0v) is 20.1. The van der Waals surface area contributed by atoms with Crippen molar-refractivity contribution in [3.8, 4) is 5.75 Å². The summed E-state index contributed by atoms with van der Waals surface area (Å²) in [5, 5.41) is 13.8. The van der Waals surface area contributed by atoms with Crippen molar-refractivity contribution in [1.29, 1.82) is 0 Å². The Hall–Kier alpha value is -3.35. The van der Waals surface area contributed by atoms with Crippen LogP contribution in [0.25, 0.3) is 10.9 Å². The Morgan fingerprint density at radius 2 is 2.00 bits per heavy atom. The normalized spacial score (nSPS) is 20.1. The number of halogens is 1. The van der Waals surface area contributed by atoms with Crippen LogP contribution in [-0.4, -0.2) is 34.7 Å². The fraction of sp³-hybridized carbons (Fsp3) is 0.429. The molecule has 2 aliphatic carbocycles. The molecule has 2 N–H and O–H groups in total. The van der Waals surface area contributed by atoms with Gasteiger partial charge in [0.2, 0.25) is 5.91 Å². The van der Waals surface area contributed by atoms with Gasteiger partial charge >= 0.3 is 5.97 Å². The fourth-order valence-electron chi connectivity index (χ4n) is 6.00. The van der Waals surface area contributed by atoms with E-state index in [2.05, 4.69) is 11.4 Å². The fourth-order valence-corrected chi connectivity index (χ4v) is 6.00. The van der Waals surface area contributed by atoms with Crippen LogP contribution in [0.2, 0.25) is 0 Å². The minimum absolute atomic E-state index is 0.0434. The van der Waals surface area contributed by atoms with Crippen LogP contribution in [-0.2, 0) is 35.3 Å². The summed E-state index contributed by atoms with van der Waals surface area (Å²) in [6.07, 6.45) is 4.67. The van der Waals surface area contributed by atoms with Crippen LogP contribution in [0.5, 0.6) is 5.75 Å². The monoisotopic (exact) mass is 478 g/mol. The lowest BCUT2D eigenvalue weighted by Crippen LogP contribution is -2.43. The number of aliphatic carboxylic acids is 1. The molecule has 0 saturated heterocycles. The second-order valence-electron chi connectivity index (χ2n) is 9.70. The molecule has 3 atom stereocenters. The van der Waals surface area contributed by atoms with Crippen LogP contribution in [0.15, 0.2) is 36.4 Å². The Bertz CT molecular complexity index is 1280. The number of carboxylic acids is 1. The summed E-state index contributed by atoms with van der Waals surface area (Å²) in [5.41, 5.74) is 5.00. The number of carboxylic acid groups (broad SMARTS) is 1. The van der Waals surface area contributed by atoms with Crippen molar-refractivity contribution in [2.45, 2.75) is 64.0 Å². The number of nitrogens with one attached hydrogen (secondary N) is 1. The lowest BCUT2D eigenvalue weighted by atomic mass is 9.82. The number of ether oxygens (including phenoxy) is 1. The molecule has 1 unspecified atom stereocenters. The molecule has 0 saturated carbocycles. The van der Waals surface area contributed by atoms with E-state index >= 15 is 0 Å². The van der Waals surface area contributed by atoms with Gasteiger partial charge in [0, 0.05) is 28.6 Å². The lowest BCUT2D eigenvalue weighted by Gasteiger charge is -2.30. The Morgan fingerprint density at radius 3 is 2.74 bits per heavy atom. The number of aromatic nitrogens is 1. The van der Waals surface area contributed by atoms with Gasteiger partial charge in [0.25, 0.3) is 0 Å². The molecule has 0 radical (unpaired) electrons. The highest BCUT2D eigenvalue weighted by molar-refractivity contribution is 5.88. The number of methoxy groups -OCH3 is 1. The van der Waals surface area contributed by atoms with E-state index in [-0.39, 0.29) is 23.7 Å². The van der Waals surface area contributed by atoms with Crippen LogP contribution < -0.4 is 10.1 Å². The zero-order chi connectivity index (χ0) is 24.7. The van der Waals surface area contributed by atoms with Gasteiger partial charge in [-0.25, -0.2) is 9.18 Å². The number of benzene rings is 2. The maximum absolute atomic E-state index is 14.2. The predicted molar refractivity (Wildman–Crippen MR) is 131 cm³/mol. The molecule has 1 aromatic heterocycles. The first-order valence-corrected chi connectivity index (χ1v) is 12.4. The smallest absolute Gasteiger partial charge is 0.326 e. The van der Waals surface area contributed by atoms with Gasteiger partial charge in [-0.1, -0.05) is 19.1 Å². The molecule has 6 nitrogen and oxygen atoms in total. The largest absolute Gasteiger partial charge is 0.496 e. The molecule has 35 heavy (non-hydrogen) atoms. The number of hydrogen-bond donors (Lipinski definition) is 2. The Balaban J connectivity index is 1.39. The topological polar surface area (TPSA) is 80.6 Å². The second-order valence-corrected chi connectivity index (χ2v) is 9.70. The molecule has 0 aliphatic heterocycles. The maximum atomic E-state index is 14.2. The number of fused-ring (bicyclic) bond motifs is 4. The number of rotatable bonds is 6. The quantitative estimate of drug-likeness (QED) is 0.543. The average Bonchev–Trinajstić information content (AvgIpc) is 3.16. The standard InChI is InChI=1S/C28H31FN2O4/c1-3-23(28(33)34)31-24-11-9-18(29)14-21(24)22-15-19(10-12-25(22)31)30-27(32)17-8-7-16-5-4-6-26(35-2)20(16)13-17/h4-6,9,11,14,17,19,23H,3,7-8,10,12-13,15H2,1-2H3,(H,30,32)(H,33,34)/t17-,19-,23?/m0/s1. The molecule has 2 aliphatic rings. The third-order valence-corrected chi connectivity index (χ3v) is 7.73. The minimum Gasteiger partial charge on any atom is -0.496 e. The third kappa shape index (κ3) is 4.17. The first kappa shape index (κ1) is 23.4. The van der Waals surface area contributed by atoms with Crippen molar-refractivity contribution in [1.82, 2.24) is 9.88 Å². The average molecular weight is 479 g/mol. The zero-order valence-electron chi connectivity index (χ0n) is 20.1. The van der Waals surface area contributed by atoms with Crippen molar-refractivity contribution in [3.63, 3.8) is 0 Å². The molecule has 184 valence electrons. The highest BCUT2D eigenvalue weighted by Crippen LogP contribution is 2.37. The summed E-state index contributed by atoms with van der Waals surface area (Å²) < 4.78 is 21.6. The van der Waals surface area contributed by atoms with E-state index in [0.717, 1.165) is 52.7 Å². The van der Waals surface area contributed by atoms with Gasteiger partial charge in [-0.15, -0.1) is 0 Å². The van der Waals surface area contributed by atoms with E-state index in [1.165, 1.54) is 17.7 Å². The number of nitrogens with zero attached hydrogens (tertiary/aromatic N) is 1. The van der Waals surface area contributed by atoms with Crippen molar-refractivity contribution in [3.05, 3.63) is 64.6 Å². The van der Waals surface area contributed by atoms with Crippen LogP contribution in [0, 0.1) is 11.7 Å². The molecule has 0 bridgehead atoms. The molecule has 0 fully saturated rings. The number of aryl methyl sites for hydroxylation is 1. The summed E-state index contributed by atoms with van der Waals surface area (Å²) in [6.45, 7) is 1.85. The third-order valence-electron chi connectivity index (χ3n) is 7.73. The summed E-state index contributed by atoms with van der Waals surface area (Å²) in [4.78, 5) is 25.2. The van der Waals surface area contributed by atoms with Crippen molar-refractivity contribution >= 4 is 22.8 Å². The SMILES string of the molecule is CCC(C(=O)O)n1c2c(c3cc(F)ccc31)C[C@@H](NC(=O)[C@H]1CCc3cccc(OC)c3C1)CC2. The minimum atomic E-state index is -0.889. The van der Waals surface area contributed by atoms with Crippen LogP contribution in [0.1, 0.15) is 54.6 Å². The van der Waals surface area contributed by atoms with Crippen molar-refractivity contribution in [2.75, 3.05) is 7.11 Å². The molecule has 0 spiro atoms. The van der Waals surface area contributed by atoms with E-state index in [0.29, 0.717) is 25.7 Å². The van der Waals surface area contributed by atoms with Gasteiger partial charge in [0.1, 0.15) is 17.6 Å². The van der Waals surface area contributed by atoms with Crippen molar-refractivity contribution in [2.24, 2.45) is 5.92 Å². The van der Waals surface area contributed by atoms with Gasteiger partial charge in [0.05, 0.1) is 7.11 Å². The summed E-state index contributed by atoms with van der Waals surface area (Å²) >= 11 is 0. The van der Waals surface area contributed by atoms with Gasteiger partial charge in [-0.2, -0.15) is 0 Å². The summed E-state index contributed by atoms with van der Waals surface area (Å²) in [6, 6.07) is 9.82. The van der Waals surface area contributed by atoms with E-state index < -0.39 is 12.0 Å². The molecular weight excluding hydrogens is 447 g/mol. The van der Waals surface area contributed by atoms with E-state index in [1.807, 2.05) is 23.6 Å². The molecule has 2 aromatic carbocycles. The van der Waals surface area contributed by atoms with Crippen LogP contribution in [0.4, 0.5) is 4.39 Å². The molecule has 5 rings (SSSR count). The molecule has 7 heteroatoms. The number of carbonyl (C=O) groups is 2. The van der Waals surface area contributed by atoms with Gasteiger partial charge in [-0.05, 0) is 85.9 Å². The lowest BCUT2D eigenvalue weighted by molar-refractivity contribution is -0.141. The molecule has 3 aromatic rings. The van der Waals surface area contributed by atoms with Gasteiger partial charge in [0.15, 0.2) is 0 Å².